The van der Waals surface area contributed by atoms with Crippen LogP contribution in [0.2, 0.25) is 0 Å². The van der Waals surface area contributed by atoms with Gasteiger partial charge in [0.25, 0.3) is 0 Å². The number of hydrogen-bond acceptors (Lipinski definition) is 9. The molecule has 0 aromatic carbocycles. The standard InChI is InChI=1S/C26H38F3N9O3/c1-5-10-37(23(41)26(27,28)29)16-11-17(20(40)19(16)39)38-14-34-18-21(31-9-7-25(2,3)4)35-24(36-22(18)38)32-8-6-15-12-30-13-33-15/h12-14,16-17,19-20,39-40H,5-11H2,1-4H3,(H,30,33)(H2,31,32,35,36)/t16-,17+,19+,20-/m0/s1. The van der Waals surface area contributed by atoms with Crippen molar-refractivity contribution >= 4 is 28.8 Å². The predicted molar refractivity (Wildman–Crippen MR) is 146 cm³/mol. The monoisotopic (exact) mass is 581 g/mol. The van der Waals surface area contributed by atoms with Crippen molar-refractivity contribution in [2.24, 2.45) is 5.41 Å². The van der Waals surface area contributed by atoms with Crippen molar-refractivity contribution in [3.8, 4) is 0 Å². The Morgan fingerprint density at radius 2 is 1.93 bits per heavy atom. The molecule has 0 radical (unpaired) electrons. The van der Waals surface area contributed by atoms with Crippen LogP contribution in [0.15, 0.2) is 18.9 Å². The normalized spacial score (nSPS) is 21.4. The number of nitrogens with zero attached hydrogens (tertiary/aromatic N) is 6. The first kappa shape index (κ1) is 30.5. The molecular weight excluding hydrogens is 543 g/mol. The second-order valence-electron chi connectivity index (χ2n) is 11.6. The summed E-state index contributed by atoms with van der Waals surface area (Å²) >= 11 is 0. The number of aromatic amines is 1. The van der Waals surface area contributed by atoms with Gasteiger partial charge in [-0.3, -0.25) is 4.79 Å². The van der Waals surface area contributed by atoms with Crippen LogP contribution in [0.1, 0.15) is 58.7 Å². The second-order valence-corrected chi connectivity index (χ2v) is 11.6. The van der Waals surface area contributed by atoms with E-state index in [2.05, 4.69) is 56.3 Å². The Kier molecular flexibility index (Phi) is 9.07. The maximum Gasteiger partial charge on any atom is 0.471 e. The van der Waals surface area contributed by atoms with E-state index in [0.717, 1.165) is 12.1 Å². The predicted octanol–water partition coefficient (Wildman–Crippen LogP) is 2.89. The molecule has 4 rings (SSSR count). The number of rotatable bonds is 11. The summed E-state index contributed by atoms with van der Waals surface area (Å²) in [6, 6.07) is -2.12. The van der Waals surface area contributed by atoms with Crippen LogP contribution < -0.4 is 10.6 Å². The molecule has 5 N–H and O–H groups in total. The minimum atomic E-state index is -5.10. The van der Waals surface area contributed by atoms with Gasteiger partial charge in [0, 0.05) is 37.9 Å². The number of aromatic nitrogens is 6. The second kappa shape index (κ2) is 12.2. The zero-order chi connectivity index (χ0) is 29.9. The van der Waals surface area contributed by atoms with Gasteiger partial charge in [-0.15, -0.1) is 0 Å². The number of aliphatic hydroxyl groups is 2. The number of fused-ring (bicyclic) bond motifs is 1. The van der Waals surface area contributed by atoms with Gasteiger partial charge >= 0.3 is 12.1 Å². The van der Waals surface area contributed by atoms with E-state index >= 15 is 0 Å². The van der Waals surface area contributed by atoms with E-state index in [1.54, 1.807) is 24.0 Å². The summed E-state index contributed by atoms with van der Waals surface area (Å²) < 4.78 is 41.6. The third-order valence-corrected chi connectivity index (χ3v) is 7.17. The Morgan fingerprint density at radius 3 is 2.56 bits per heavy atom. The summed E-state index contributed by atoms with van der Waals surface area (Å²) in [4.78, 5) is 33.5. The highest BCUT2D eigenvalue weighted by Crippen LogP contribution is 2.38. The molecule has 1 fully saturated rings. The van der Waals surface area contributed by atoms with Gasteiger partial charge in [-0.2, -0.15) is 23.1 Å². The summed E-state index contributed by atoms with van der Waals surface area (Å²) in [6.45, 7) is 8.89. The molecule has 1 amide bonds. The molecule has 3 aromatic rings. The fraction of sp³-hybridized carbons (Fsp3) is 0.654. The van der Waals surface area contributed by atoms with E-state index in [4.69, 9.17) is 0 Å². The molecule has 41 heavy (non-hydrogen) atoms. The van der Waals surface area contributed by atoms with Gasteiger partial charge in [0.2, 0.25) is 5.95 Å². The van der Waals surface area contributed by atoms with Crippen molar-refractivity contribution in [1.29, 1.82) is 0 Å². The smallest absolute Gasteiger partial charge is 0.388 e. The highest BCUT2D eigenvalue weighted by atomic mass is 19.4. The molecule has 0 bridgehead atoms. The van der Waals surface area contributed by atoms with Crippen molar-refractivity contribution in [2.45, 2.75) is 83.8 Å². The number of alkyl halides is 3. The van der Waals surface area contributed by atoms with Crippen molar-refractivity contribution in [3.63, 3.8) is 0 Å². The largest absolute Gasteiger partial charge is 0.471 e. The lowest BCUT2D eigenvalue weighted by Crippen LogP contribution is -2.51. The average molecular weight is 582 g/mol. The SMILES string of the molecule is CCCN(C(=O)C(F)(F)F)[C@H]1C[C@@H](n2cnc3c(NCCC(C)(C)C)nc(NCCc4cnc[nH]4)nc32)[C@H](O)[C@@H]1O. The Bertz CT molecular complexity index is 1310. The number of aliphatic hydroxyl groups excluding tert-OH is 2. The Morgan fingerprint density at radius 1 is 1.17 bits per heavy atom. The molecule has 226 valence electrons. The first-order valence-electron chi connectivity index (χ1n) is 13.7. The quantitative estimate of drug-likeness (QED) is 0.230. The van der Waals surface area contributed by atoms with Gasteiger partial charge in [0.15, 0.2) is 17.0 Å². The van der Waals surface area contributed by atoms with E-state index in [1.807, 2.05) is 0 Å². The summed E-state index contributed by atoms with van der Waals surface area (Å²) in [6.07, 6.45) is -1.80. The third kappa shape index (κ3) is 7.07. The number of imidazole rings is 2. The molecule has 12 nitrogen and oxygen atoms in total. The van der Waals surface area contributed by atoms with Crippen molar-refractivity contribution in [2.75, 3.05) is 30.3 Å². The fourth-order valence-corrected chi connectivity index (χ4v) is 5.04. The van der Waals surface area contributed by atoms with Crippen molar-refractivity contribution < 1.29 is 28.2 Å². The molecule has 1 aliphatic rings. The van der Waals surface area contributed by atoms with Gasteiger partial charge in [-0.1, -0.05) is 27.7 Å². The molecule has 0 saturated heterocycles. The number of carbonyl (C=O) groups excluding carboxylic acids is 1. The highest BCUT2D eigenvalue weighted by Gasteiger charge is 2.51. The molecule has 0 aliphatic heterocycles. The first-order valence-corrected chi connectivity index (χ1v) is 13.7. The Balaban J connectivity index is 1.65. The number of amides is 1. The molecule has 0 spiro atoms. The van der Waals surface area contributed by atoms with Crippen LogP contribution in [0, 0.1) is 5.41 Å². The van der Waals surface area contributed by atoms with Gasteiger partial charge in [0.05, 0.1) is 24.7 Å². The van der Waals surface area contributed by atoms with Gasteiger partial charge in [0.1, 0.15) is 12.2 Å². The summed E-state index contributed by atoms with van der Waals surface area (Å²) in [5, 5.41) is 28.3. The molecule has 15 heteroatoms. The number of H-pyrrole nitrogens is 1. The van der Waals surface area contributed by atoms with Crippen LogP contribution in [0.5, 0.6) is 0 Å². The lowest BCUT2D eigenvalue weighted by Gasteiger charge is -2.31. The maximum absolute atomic E-state index is 13.3. The molecule has 3 heterocycles. The lowest BCUT2D eigenvalue weighted by molar-refractivity contribution is -0.190. The number of nitrogens with one attached hydrogen (secondary N) is 3. The van der Waals surface area contributed by atoms with Crippen molar-refractivity contribution in [3.05, 3.63) is 24.5 Å². The van der Waals surface area contributed by atoms with Crippen LogP contribution in [0.25, 0.3) is 11.2 Å². The van der Waals surface area contributed by atoms with E-state index in [0.29, 0.717) is 47.3 Å². The number of anilines is 2. The van der Waals surface area contributed by atoms with Gasteiger partial charge in [-0.05, 0) is 24.7 Å². The topological polar surface area (TPSA) is 157 Å². The van der Waals surface area contributed by atoms with Crippen molar-refractivity contribution in [1.82, 2.24) is 34.4 Å². The Hall–Kier alpha value is -3.46. The third-order valence-electron chi connectivity index (χ3n) is 7.17. The zero-order valence-corrected chi connectivity index (χ0v) is 23.6. The number of hydrogen-bond donors (Lipinski definition) is 5. The molecule has 3 aromatic heterocycles. The minimum Gasteiger partial charge on any atom is -0.388 e. The highest BCUT2D eigenvalue weighted by molar-refractivity contribution is 5.84. The summed E-state index contributed by atoms with van der Waals surface area (Å²) in [5.74, 6) is -1.28. The lowest BCUT2D eigenvalue weighted by atomic mass is 9.92. The van der Waals surface area contributed by atoms with E-state index in [9.17, 15) is 28.2 Å². The van der Waals surface area contributed by atoms with Crippen LogP contribution in [-0.4, -0.2) is 94.6 Å². The molecule has 1 aliphatic carbocycles. The van der Waals surface area contributed by atoms with E-state index in [1.165, 1.54) is 6.33 Å². The maximum atomic E-state index is 13.3. The van der Waals surface area contributed by atoms with E-state index < -0.39 is 36.4 Å². The summed E-state index contributed by atoms with van der Waals surface area (Å²) in [7, 11) is 0. The van der Waals surface area contributed by atoms with E-state index in [-0.39, 0.29) is 24.8 Å². The molecular formula is C26H38F3N9O3. The molecule has 0 unspecified atom stereocenters. The average Bonchev–Trinajstić information content (AvgIpc) is 3.62. The Labute approximate surface area is 235 Å². The fourth-order valence-electron chi connectivity index (χ4n) is 5.04. The van der Waals surface area contributed by atoms with Crippen LogP contribution in [0.3, 0.4) is 0 Å². The van der Waals surface area contributed by atoms with Crippen LogP contribution in [-0.2, 0) is 11.2 Å². The number of halogens is 3. The number of carbonyl (C=O) groups is 1. The van der Waals surface area contributed by atoms with Crippen LogP contribution >= 0.6 is 0 Å². The summed E-state index contributed by atoms with van der Waals surface area (Å²) in [5.41, 5.74) is 1.75. The molecule has 4 atom stereocenters. The molecule has 1 saturated carbocycles. The van der Waals surface area contributed by atoms with Gasteiger partial charge in [-0.25, -0.2) is 9.97 Å². The first-order chi connectivity index (χ1) is 19.3. The van der Waals surface area contributed by atoms with Crippen LogP contribution in [0.4, 0.5) is 24.9 Å². The van der Waals surface area contributed by atoms with Gasteiger partial charge < -0.3 is 35.3 Å². The zero-order valence-electron chi connectivity index (χ0n) is 23.6. The minimum absolute atomic E-state index is 0.0704.